The molecule has 0 fully saturated rings. The fourth-order valence-corrected chi connectivity index (χ4v) is 4.92. The molecule has 3 aromatic carbocycles. The predicted molar refractivity (Wildman–Crippen MR) is 126 cm³/mol. The van der Waals surface area contributed by atoms with Crippen LogP contribution in [0.25, 0.3) is 0 Å². The number of rotatable bonds is 7. The second kappa shape index (κ2) is 10.1. The van der Waals surface area contributed by atoms with Gasteiger partial charge in [0.15, 0.2) is 11.5 Å². The number of nitrogens with one attached hydrogen (secondary N) is 1. The van der Waals surface area contributed by atoms with Crippen LogP contribution in [0, 0.1) is 0 Å². The lowest BCUT2D eigenvalue weighted by Gasteiger charge is -2.24. The highest BCUT2D eigenvalue weighted by molar-refractivity contribution is 7.92. The molecule has 0 aromatic heterocycles. The number of carbonyl (C=O) groups is 1. The van der Waals surface area contributed by atoms with Gasteiger partial charge in [-0.05, 0) is 54.1 Å². The zero-order valence-electron chi connectivity index (χ0n) is 18.2. The molecule has 0 spiro atoms. The third-order valence-electron chi connectivity index (χ3n) is 4.96. The Kier molecular flexibility index (Phi) is 7.09. The van der Waals surface area contributed by atoms with E-state index in [4.69, 9.17) is 21.1 Å². The number of amides is 1. The zero-order chi connectivity index (χ0) is 25.9. The van der Waals surface area contributed by atoms with Gasteiger partial charge in [0.25, 0.3) is 15.9 Å². The van der Waals surface area contributed by atoms with E-state index >= 15 is 0 Å². The molecule has 1 aliphatic heterocycles. The number of hydrazone groups is 1. The molecule has 36 heavy (non-hydrogen) atoms. The third-order valence-corrected chi connectivity index (χ3v) is 7.08. The largest absolute Gasteiger partial charge is 0.454 e. The molecule has 1 heterocycles. The molecular weight excluding hydrogens is 523 g/mol. The summed E-state index contributed by atoms with van der Waals surface area (Å²) in [6.07, 6.45) is -3.55. The first-order valence-corrected chi connectivity index (χ1v) is 12.0. The number of carbonyl (C=O) groups excluding carboxylic acids is 1. The van der Waals surface area contributed by atoms with Crippen LogP contribution in [0.2, 0.25) is 5.02 Å². The van der Waals surface area contributed by atoms with E-state index in [1.807, 2.05) is 0 Å². The number of nitrogens with zero attached hydrogens (tertiary/aromatic N) is 2. The molecule has 3 aromatic rings. The monoisotopic (exact) mass is 539 g/mol. The van der Waals surface area contributed by atoms with Crippen molar-refractivity contribution in [1.82, 2.24) is 5.43 Å². The first-order valence-electron chi connectivity index (χ1n) is 10.2. The van der Waals surface area contributed by atoms with Crippen LogP contribution in [0.5, 0.6) is 11.5 Å². The molecule has 0 saturated heterocycles. The minimum absolute atomic E-state index is 0.0825. The fraction of sp³-hybridized carbons (Fsp3) is 0.130. The van der Waals surface area contributed by atoms with E-state index in [-0.39, 0.29) is 11.7 Å². The van der Waals surface area contributed by atoms with Crippen molar-refractivity contribution in [3.05, 3.63) is 82.9 Å². The van der Waals surface area contributed by atoms with E-state index in [0.29, 0.717) is 27.4 Å². The van der Waals surface area contributed by atoms with Crippen LogP contribution in [-0.2, 0) is 21.0 Å². The van der Waals surface area contributed by atoms with Gasteiger partial charge in [-0.2, -0.15) is 18.3 Å². The van der Waals surface area contributed by atoms with Gasteiger partial charge in [-0.15, -0.1) is 0 Å². The first-order chi connectivity index (χ1) is 17.1. The molecule has 0 atom stereocenters. The van der Waals surface area contributed by atoms with E-state index < -0.39 is 44.9 Å². The number of sulfonamides is 1. The molecule has 4 rings (SSSR count). The highest BCUT2D eigenvalue weighted by atomic mass is 35.5. The lowest BCUT2D eigenvalue weighted by molar-refractivity contribution is -0.137. The van der Waals surface area contributed by atoms with Crippen molar-refractivity contribution in [2.45, 2.75) is 11.1 Å². The standard InChI is InChI=1S/C23H17ClF3N3O5S/c24-19-8-7-16(11-18(19)23(25,26)27)30(36(32,33)17-4-2-1-3-5-17)13-22(31)29-28-12-15-6-9-20-21(10-15)35-14-34-20/h1-12H,13-14H2,(H,29,31). The Morgan fingerprint density at radius 1 is 1.06 bits per heavy atom. The van der Waals surface area contributed by atoms with Crippen LogP contribution in [-0.4, -0.2) is 33.9 Å². The molecule has 0 bridgehead atoms. The van der Waals surface area contributed by atoms with Crippen LogP contribution >= 0.6 is 11.6 Å². The maximum Gasteiger partial charge on any atom is 0.417 e. The predicted octanol–water partition coefficient (Wildman–Crippen LogP) is 4.43. The number of fused-ring (bicyclic) bond motifs is 1. The van der Waals surface area contributed by atoms with Gasteiger partial charge in [0, 0.05) is 0 Å². The fourth-order valence-electron chi connectivity index (χ4n) is 3.26. The minimum atomic E-state index is -4.84. The maximum absolute atomic E-state index is 13.4. The van der Waals surface area contributed by atoms with E-state index in [1.165, 1.54) is 30.5 Å². The summed E-state index contributed by atoms with van der Waals surface area (Å²) >= 11 is 5.68. The summed E-state index contributed by atoms with van der Waals surface area (Å²) in [5.41, 5.74) is 1.10. The molecular formula is C23H17ClF3N3O5S. The highest BCUT2D eigenvalue weighted by Crippen LogP contribution is 2.38. The van der Waals surface area contributed by atoms with Crippen LogP contribution in [0.4, 0.5) is 18.9 Å². The van der Waals surface area contributed by atoms with Crippen LogP contribution in [0.15, 0.2) is 76.7 Å². The average molecular weight is 540 g/mol. The molecule has 0 saturated carbocycles. The Hall–Kier alpha value is -3.77. The van der Waals surface area contributed by atoms with Gasteiger partial charge in [-0.3, -0.25) is 9.10 Å². The average Bonchev–Trinajstić information content (AvgIpc) is 3.31. The number of hydrogen-bond donors (Lipinski definition) is 1. The Morgan fingerprint density at radius 3 is 2.50 bits per heavy atom. The Balaban J connectivity index is 1.60. The maximum atomic E-state index is 13.4. The number of hydrogen-bond acceptors (Lipinski definition) is 6. The van der Waals surface area contributed by atoms with Crippen molar-refractivity contribution in [3.63, 3.8) is 0 Å². The molecule has 1 aliphatic rings. The molecule has 0 unspecified atom stereocenters. The molecule has 13 heteroatoms. The van der Waals surface area contributed by atoms with Crippen molar-refractivity contribution in [3.8, 4) is 11.5 Å². The van der Waals surface area contributed by atoms with Gasteiger partial charge >= 0.3 is 6.18 Å². The van der Waals surface area contributed by atoms with Gasteiger partial charge in [-0.1, -0.05) is 29.8 Å². The molecule has 1 N–H and O–H groups in total. The van der Waals surface area contributed by atoms with E-state index in [2.05, 4.69) is 10.5 Å². The zero-order valence-corrected chi connectivity index (χ0v) is 19.8. The topological polar surface area (TPSA) is 97.3 Å². The molecule has 1 amide bonds. The van der Waals surface area contributed by atoms with Crippen LogP contribution in [0.1, 0.15) is 11.1 Å². The van der Waals surface area contributed by atoms with Crippen molar-refractivity contribution >= 4 is 39.4 Å². The van der Waals surface area contributed by atoms with Crippen molar-refractivity contribution < 1.29 is 35.9 Å². The van der Waals surface area contributed by atoms with Crippen molar-refractivity contribution in [2.75, 3.05) is 17.6 Å². The van der Waals surface area contributed by atoms with Gasteiger partial charge in [0.2, 0.25) is 6.79 Å². The Morgan fingerprint density at radius 2 is 1.78 bits per heavy atom. The number of alkyl halides is 3. The van der Waals surface area contributed by atoms with Crippen LogP contribution in [0.3, 0.4) is 0 Å². The molecule has 8 nitrogen and oxygen atoms in total. The number of halogens is 4. The smallest absolute Gasteiger partial charge is 0.417 e. The van der Waals surface area contributed by atoms with Gasteiger partial charge < -0.3 is 9.47 Å². The minimum Gasteiger partial charge on any atom is -0.454 e. The van der Waals surface area contributed by atoms with Crippen LogP contribution < -0.4 is 19.2 Å². The number of anilines is 1. The summed E-state index contributed by atoms with van der Waals surface area (Å²) in [5.74, 6) is 0.155. The first kappa shape index (κ1) is 25.3. The van der Waals surface area contributed by atoms with E-state index in [0.717, 1.165) is 12.1 Å². The lowest BCUT2D eigenvalue weighted by Crippen LogP contribution is -2.39. The second-order valence-electron chi connectivity index (χ2n) is 7.39. The summed E-state index contributed by atoms with van der Waals surface area (Å²) in [6, 6.07) is 14.5. The summed E-state index contributed by atoms with van der Waals surface area (Å²) < 4.78 is 77.8. The number of ether oxygens (including phenoxy) is 2. The van der Waals surface area contributed by atoms with Crippen molar-refractivity contribution in [1.29, 1.82) is 0 Å². The number of benzene rings is 3. The Bertz CT molecular complexity index is 1420. The summed E-state index contributed by atoms with van der Waals surface area (Å²) in [6.45, 7) is -0.770. The quantitative estimate of drug-likeness (QED) is 0.354. The van der Waals surface area contributed by atoms with Gasteiger partial charge in [0.1, 0.15) is 6.54 Å². The molecule has 188 valence electrons. The summed E-state index contributed by atoms with van der Waals surface area (Å²) in [5, 5.41) is 3.19. The van der Waals surface area contributed by atoms with Crippen molar-refractivity contribution in [2.24, 2.45) is 5.10 Å². The van der Waals surface area contributed by atoms with E-state index in [1.54, 1.807) is 24.3 Å². The van der Waals surface area contributed by atoms with Gasteiger partial charge in [0.05, 0.1) is 27.4 Å². The molecule has 0 aliphatic carbocycles. The second-order valence-corrected chi connectivity index (χ2v) is 9.66. The normalized spacial score (nSPS) is 13.1. The summed E-state index contributed by atoms with van der Waals surface area (Å²) in [4.78, 5) is 12.4. The molecule has 0 radical (unpaired) electrons. The van der Waals surface area contributed by atoms with E-state index in [9.17, 15) is 26.4 Å². The Labute approximate surface area is 208 Å². The lowest BCUT2D eigenvalue weighted by atomic mass is 10.2. The third kappa shape index (κ3) is 5.55. The summed E-state index contributed by atoms with van der Waals surface area (Å²) in [7, 11) is -4.43. The highest BCUT2D eigenvalue weighted by Gasteiger charge is 2.35. The SMILES string of the molecule is O=C(CN(c1ccc(Cl)c(C(F)(F)F)c1)S(=O)(=O)c1ccccc1)NN=Cc1ccc2c(c1)OCO2. The van der Waals surface area contributed by atoms with Gasteiger partial charge in [-0.25, -0.2) is 13.8 Å².